The fraction of sp³-hybridized carbons (Fsp3) is 0.364. The molecule has 0 fully saturated rings. The van der Waals surface area contributed by atoms with E-state index in [2.05, 4.69) is 10.3 Å². The lowest BCUT2D eigenvalue weighted by Crippen LogP contribution is -2.14. The van der Waals surface area contributed by atoms with Gasteiger partial charge in [0.2, 0.25) is 0 Å². The predicted octanol–water partition coefficient (Wildman–Crippen LogP) is 1.21. The Bertz CT molecular complexity index is 604. The average molecular weight is 254 g/mol. The monoisotopic (exact) mass is 254 g/mol. The Morgan fingerprint density at radius 3 is 3.00 bits per heavy atom. The quantitative estimate of drug-likeness (QED) is 0.812. The average Bonchev–Trinajstić information content (AvgIpc) is 2.76. The zero-order chi connectivity index (χ0) is 12.3. The largest absolute Gasteiger partial charge is 0.443 e. The first-order chi connectivity index (χ1) is 8.13. The molecule has 0 aliphatic rings. The molecule has 1 N–H and O–H groups in total. The van der Waals surface area contributed by atoms with E-state index in [4.69, 9.17) is 4.42 Å². The SMILES string of the molecule is CNCCCS(=O)(=O)c1ccc2ncoc2c1. The number of sulfone groups is 1. The lowest BCUT2D eigenvalue weighted by atomic mass is 10.3. The summed E-state index contributed by atoms with van der Waals surface area (Å²) >= 11 is 0. The highest BCUT2D eigenvalue weighted by Crippen LogP contribution is 2.19. The van der Waals surface area contributed by atoms with Gasteiger partial charge in [-0.15, -0.1) is 0 Å². The molecule has 0 bridgehead atoms. The second-order valence-corrected chi connectivity index (χ2v) is 5.87. The first-order valence-electron chi connectivity index (χ1n) is 5.34. The Morgan fingerprint density at radius 2 is 2.24 bits per heavy atom. The minimum atomic E-state index is -3.23. The van der Waals surface area contributed by atoms with E-state index in [1.165, 1.54) is 12.5 Å². The van der Waals surface area contributed by atoms with E-state index >= 15 is 0 Å². The van der Waals surface area contributed by atoms with Crippen LogP contribution in [0.25, 0.3) is 11.1 Å². The Morgan fingerprint density at radius 1 is 1.41 bits per heavy atom. The summed E-state index contributed by atoms with van der Waals surface area (Å²) in [7, 11) is -1.43. The van der Waals surface area contributed by atoms with Gasteiger partial charge in [-0.2, -0.15) is 0 Å². The highest BCUT2D eigenvalue weighted by atomic mass is 32.2. The molecule has 2 aromatic rings. The van der Waals surface area contributed by atoms with Crippen LogP contribution in [0.15, 0.2) is 33.9 Å². The predicted molar refractivity (Wildman–Crippen MR) is 64.6 cm³/mol. The van der Waals surface area contributed by atoms with Crippen LogP contribution in [0.2, 0.25) is 0 Å². The van der Waals surface area contributed by atoms with Gasteiger partial charge < -0.3 is 9.73 Å². The summed E-state index contributed by atoms with van der Waals surface area (Å²) in [6.07, 6.45) is 1.90. The molecule has 0 aliphatic heterocycles. The first-order valence-corrected chi connectivity index (χ1v) is 6.99. The molecule has 92 valence electrons. The molecule has 17 heavy (non-hydrogen) atoms. The molecule has 0 saturated heterocycles. The van der Waals surface area contributed by atoms with Gasteiger partial charge in [-0.3, -0.25) is 0 Å². The van der Waals surface area contributed by atoms with E-state index in [-0.39, 0.29) is 10.6 Å². The van der Waals surface area contributed by atoms with Gasteiger partial charge in [-0.05, 0) is 32.1 Å². The van der Waals surface area contributed by atoms with Gasteiger partial charge in [0.1, 0.15) is 5.52 Å². The van der Waals surface area contributed by atoms with Crippen molar-refractivity contribution in [2.45, 2.75) is 11.3 Å². The molecular weight excluding hydrogens is 240 g/mol. The topological polar surface area (TPSA) is 72.2 Å². The zero-order valence-electron chi connectivity index (χ0n) is 9.51. The van der Waals surface area contributed by atoms with Crippen molar-refractivity contribution in [3.63, 3.8) is 0 Å². The van der Waals surface area contributed by atoms with Gasteiger partial charge in [-0.1, -0.05) is 0 Å². The van der Waals surface area contributed by atoms with Crippen molar-refractivity contribution in [2.75, 3.05) is 19.3 Å². The molecule has 5 nitrogen and oxygen atoms in total. The third kappa shape index (κ3) is 2.65. The lowest BCUT2D eigenvalue weighted by Gasteiger charge is -2.03. The van der Waals surface area contributed by atoms with Crippen LogP contribution in [0, 0.1) is 0 Å². The molecule has 0 amide bonds. The van der Waals surface area contributed by atoms with Gasteiger partial charge in [0, 0.05) is 6.07 Å². The van der Waals surface area contributed by atoms with E-state index < -0.39 is 9.84 Å². The van der Waals surface area contributed by atoms with Gasteiger partial charge in [0.25, 0.3) is 0 Å². The number of aromatic nitrogens is 1. The maximum absolute atomic E-state index is 12.0. The number of fused-ring (bicyclic) bond motifs is 1. The third-order valence-electron chi connectivity index (χ3n) is 2.50. The molecule has 0 aliphatic carbocycles. The van der Waals surface area contributed by atoms with Crippen LogP contribution in [0.5, 0.6) is 0 Å². The number of nitrogens with one attached hydrogen (secondary N) is 1. The van der Waals surface area contributed by atoms with Crippen LogP contribution < -0.4 is 5.32 Å². The molecule has 0 spiro atoms. The molecular formula is C11H14N2O3S. The normalized spacial score (nSPS) is 12.1. The molecule has 1 aromatic heterocycles. The second kappa shape index (κ2) is 4.85. The van der Waals surface area contributed by atoms with Crippen LogP contribution in [-0.4, -0.2) is 32.7 Å². The Labute approximate surface area is 99.8 Å². The molecule has 1 aromatic carbocycles. The summed E-state index contributed by atoms with van der Waals surface area (Å²) in [4.78, 5) is 4.24. The van der Waals surface area contributed by atoms with Crippen molar-refractivity contribution in [2.24, 2.45) is 0 Å². The van der Waals surface area contributed by atoms with Crippen molar-refractivity contribution in [3.05, 3.63) is 24.6 Å². The zero-order valence-corrected chi connectivity index (χ0v) is 10.3. The molecule has 6 heteroatoms. The van der Waals surface area contributed by atoms with E-state index in [1.807, 2.05) is 0 Å². The smallest absolute Gasteiger partial charge is 0.181 e. The molecule has 0 unspecified atom stereocenters. The van der Waals surface area contributed by atoms with Crippen LogP contribution in [0.3, 0.4) is 0 Å². The van der Waals surface area contributed by atoms with E-state index in [0.717, 1.165) is 0 Å². The van der Waals surface area contributed by atoms with Crippen LogP contribution in [0.4, 0.5) is 0 Å². The van der Waals surface area contributed by atoms with Gasteiger partial charge >= 0.3 is 0 Å². The fourth-order valence-corrected chi connectivity index (χ4v) is 2.91. The summed E-state index contributed by atoms with van der Waals surface area (Å²) in [5.74, 6) is 0.132. The summed E-state index contributed by atoms with van der Waals surface area (Å²) < 4.78 is 29.1. The Hall–Kier alpha value is -1.40. The van der Waals surface area contributed by atoms with E-state index in [1.54, 1.807) is 19.2 Å². The maximum Gasteiger partial charge on any atom is 0.181 e. The molecule has 2 rings (SSSR count). The molecule has 0 atom stereocenters. The minimum absolute atomic E-state index is 0.132. The summed E-state index contributed by atoms with van der Waals surface area (Å²) in [5.41, 5.74) is 1.17. The van der Waals surface area contributed by atoms with E-state index in [0.29, 0.717) is 24.1 Å². The number of benzene rings is 1. The summed E-state index contributed by atoms with van der Waals surface area (Å²) in [6.45, 7) is 0.684. The standard InChI is InChI=1S/C11H14N2O3S/c1-12-5-2-6-17(14,15)9-3-4-10-11(7-9)16-8-13-10/h3-4,7-8,12H,2,5-6H2,1H3. The van der Waals surface area contributed by atoms with Crippen molar-refractivity contribution >= 4 is 20.9 Å². The Balaban J connectivity index is 2.25. The summed E-state index contributed by atoms with van der Waals surface area (Å²) in [5, 5.41) is 2.92. The number of hydrogen-bond donors (Lipinski definition) is 1. The minimum Gasteiger partial charge on any atom is -0.443 e. The number of nitrogens with zero attached hydrogens (tertiary/aromatic N) is 1. The van der Waals surface area contributed by atoms with E-state index in [9.17, 15) is 8.42 Å². The molecule has 1 heterocycles. The van der Waals surface area contributed by atoms with Crippen LogP contribution in [0.1, 0.15) is 6.42 Å². The highest BCUT2D eigenvalue weighted by Gasteiger charge is 2.15. The number of rotatable bonds is 5. The van der Waals surface area contributed by atoms with Gasteiger partial charge in [0.05, 0.1) is 10.6 Å². The van der Waals surface area contributed by atoms with Crippen molar-refractivity contribution in [3.8, 4) is 0 Å². The Kier molecular flexibility index (Phi) is 3.44. The van der Waals surface area contributed by atoms with Crippen molar-refractivity contribution < 1.29 is 12.8 Å². The maximum atomic E-state index is 12.0. The van der Waals surface area contributed by atoms with Crippen molar-refractivity contribution in [1.82, 2.24) is 10.3 Å². The first kappa shape index (κ1) is 12.1. The third-order valence-corrected chi connectivity index (χ3v) is 4.30. The van der Waals surface area contributed by atoms with Crippen molar-refractivity contribution in [1.29, 1.82) is 0 Å². The van der Waals surface area contributed by atoms with Gasteiger partial charge in [-0.25, -0.2) is 13.4 Å². The lowest BCUT2D eigenvalue weighted by molar-refractivity contribution is 0.588. The van der Waals surface area contributed by atoms with Crippen LogP contribution >= 0.6 is 0 Å². The summed E-state index contributed by atoms with van der Waals surface area (Å²) in [6, 6.07) is 4.75. The highest BCUT2D eigenvalue weighted by molar-refractivity contribution is 7.91. The number of hydrogen-bond acceptors (Lipinski definition) is 5. The van der Waals surface area contributed by atoms with Gasteiger partial charge in [0.15, 0.2) is 21.8 Å². The van der Waals surface area contributed by atoms with Crippen LogP contribution in [-0.2, 0) is 9.84 Å². The number of oxazole rings is 1. The molecule has 0 radical (unpaired) electrons. The fourth-order valence-electron chi connectivity index (χ4n) is 1.59. The second-order valence-electron chi connectivity index (χ2n) is 3.76. The molecule has 0 saturated carbocycles.